The van der Waals surface area contributed by atoms with Gasteiger partial charge in [-0.3, -0.25) is 4.79 Å². The monoisotopic (exact) mass is 287 g/mol. The Hall–Kier alpha value is -1.35. The van der Waals surface area contributed by atoms with Crippen molar-refractivity contribution in [2.24, 2.45) is 11.8 Å². The molecule has 3 nitrogen and oxygen atoms in total. The maximum Gasteiger partial charge on any atom is 0.326 e. The number of rotatable bonds is 4. The van der Waals surface area contributed by atoms with Crippen LogP contribution in [0.3, 0.4) is 0 Å². The zero-order valence-electron chi connectivity index (χ0n) is 13.0. The lowest BCUT2D eigenvalue weighted by Crippen LogP contribution is -2.60. The highest BCUT2D eigenvalue weighted by molar-refractivity contribution is 5.82. The summed E-state index contributed by atoms with van der Waals surface area (Å²) in [5.41, 5.74) is 2.34. The number of fused-ring (bicyclic) bond motifs is 3. The minimum Gasteiger partial charge on any atom is -0.465 e. The average Bonchev–Trinajstić information content (AvgIpc) is 2.72. The molecule has 0 aliphatic heterocycles. The van der Waals surface area contributed by atoms with Crippen LogP contribution in [0.4, 0.5) is 0 Å². The minimum absolute atomic E-state index is 0.0350. The summed E-state index contributed by atoms with van der Waals surface area (Å²) in [7, 11) is 0. The Kier molecular flexibility index (Phi) is 4.03. The van der Waals surface area contributed by atoms with E-state index in [9.17, 15) is 4.79 Å². The molecule has 2 aliphatic carbocycles. The molecular weight excluding hydrogens is 262 g/mol. The summed E-state index contributed by atoms with van der Waals surface area (Å²) >= 11 is 0. The van der Waals surface area contributed by atoms with Crippen LogP contribution >= 0.6 is 0 Å². The summed E-state index contributed by atoms with van der Waals surface area (Å²) in [6.45, 7) is 5.24. The van der Waals surface area contributed by atoms with Gasteiger partial charge >= 0.3 is 5.97 Å². The molecule has 3 heteroatoms. The van der Waals surface area contributed by atoms with Gasteiger partial charge in [-0.25, -0.2) is 0 Å². The number of carbonyl (C=O) groups excluding carboxylic acids is 1. The first-order valence-electron chi connectivity index (χ1n) is 8.21. The normalized spacial score (nSPS) is 30.6. The van der Waals surface area contributed by atoms with Gasteiger partial charge in [0.05, 0.1) is 6.61 Å². The second-order valence-corrected chi connectivity index (χ2v) is 6.27. The topological polar surface area (TPSA) is 38.3 Å². The van der Waals surface area contributed by atoms with E-state index in [4.69, 9.17) is 4.74 Å². The quantitative estimate of drug-likeness (QED) is 0.865. The van der Waals surface area contributed by atoms with E-state index in [2.05, 4.69) is 36.5 Å². The molecule has 2 atom stereocenters. The fourth-order valence-corrected chi connectivity index (χ4v) is 4.44. The molecule has 0 amide bonds. The number of esters is 1. The fourth-order valence-electron chi connectivity index (χ4n) is 4.44. The Morgan fingerprint density at radius 2 is 1.76 bits per heavy atom. The van der Waals surface area contributed by atoms with Crippen molar-refractivity contribution in [2.45, 2.75) is 45.1 Å². The molecule has 1 aromatic carbocycles. The Labute approximate surface area is 127 Å². The van der Waals surface area contributed by atoms with E-state index in [1.807, 2.05) is 6.92 Å². The average molecular weight is 287 g/mol. The van der Waals surface area contributed by atoms with Gasteiger partial charge in [0.15, 0.2) is 0 Å². The molecule has 2 bridgehead atoms. The Morgan fingerprint density at radius 3 is 2.24 bits per heavy atom. The summed E-state index contributed by atoms with van der Waals surface area (Å²) in [6.07, 6.45) is 4.20. The predicted octanol–water partition coefficient (Wildman–Crippen LogP) is 2.72. The molecule has 1 aromatic rings. The first-order chi connectivity index (χ1) is 10.2. The number of nitrogens with one attached hydrogen (secondary N) is 1. The van der Waals surface area contributed by atoms with Crippen molar-refractivity contribution >= 4 is 5.97 Å². The Morgan fingerprint density at radius 1 is 1.19 bits per heavy atom. The molecule has 0 heterocycles. The molecular formula is C18H25NO2. The SMILES string of the molecule is CCNC1(C(=O)OCC)C2CCC1Cc1ccccc1C2. The Balaban J connectivity index is 2.00. The van der Waals surface area contributed by atoms with Crippen molar-refractivity contribution in [3.05, 3.63) is 35.4 Å². The van der Waals surface area contributed by atoms with E-state index < -0.39 is 5.54 Å². The van der Waals surface area contributed by atoms with Crippen LogP contribution in [0.25, 0.3) is 0 Å². The summed E-state index contributed by atoms with van der Waals surface area (Å²) in [4.78, 5) is 12.8. The lowest BCUT2D eigenvalue weighted by Gasteiger charge is -2.37. The second-order valence-electron chi connectivity index (χ2n) is 6.27. The first kappa shape index (κ1) is 14.6. The largest absolute Gasteiger partial charge is 0.465 e. The maximum absolute atomic E-state index is 12.8. The minimum atomic E-state index is -0.482. The molecule has 1 saturated carbocycles. The number of likely N-dealkylation sites (N-methyl/N-ethyl adjacent to an activating group) is 1. The van der Waals surface area contributed by atoms with Crippen molar-refractivity contribution in [2.75, 3.05) is 13.2 Å². The van der Waals surface area contributed by atoms with Crippen molar-refractivity contribution in [1.82, 2.24) is 5.32 Å². The van der Waals surface area contributed by atoms with Crippen molar-refractivity contribution in [1.29, 1.82) is 0 Å². The van der Waals surface area contributed by atoms with Crippen molar-refractivity contribution < 1.29 is 9.53 Å². The molecule has 21 heavy (non-hydrogen) atoms. The van der Waals surface area contributed by atoms with Crippen LogP contribution in [0.15, 0.2) is 24.3 Å². The second kappa shape index (κ2) is 5.80. The lowest BCUT2D eigenvalue weighted by atomic mass is 9.78. The Bertz CT molecular complexity index is 493. The van der Waals surface area contributed by atoms with Crippen LogP contribution in [-0.2, 0) is 22.4 Å². The van der Waals surface area contributed by atoms with Gasteiger partial charge in [-0.05, 0) is 62.1 Å². The highest BCUT2D eigenvalue weighted by atomic mass is 16.5. The molecule has 3 rings (SSSR count). The molecule has 2 aliphatic rings. The molecule has 0 spiro atoms. The number of hydrogen-bond donors (Lipinski definition) is 1. The fraction of sp³-hybridized carbons (Fsp3) is 0.611. The van der Waals surface area contributed by atoms with E-state index in [0.29, 0.717) is 18.4 Å². The third kappa shape index (κ3) is 2.28. The van der Waals surface area contributed by atoms with Crippen molar-refractivity contribution in [3.8, 4) is 0 Å². The highest BCUT2D eigenvalue weighted by Crippen LogP contribution is 2.47. The molecule has 2 unspecified atom stereocenters. The molecule has 0 saturated heterocycles. The van der Waals surface area contributed by atoms with Gasteiger partial charge in [0, 0.05) is 0 Å². The molecule has 0 radical (unpaired) electrons. The van der Waals surface area contributed by atoms with Crippen LogP contribution < -0.4 is 5.32 Å². The first-order valence-corrected chi connectivity index (χ1v) is 8.21. The van der Waals surface area contributed by atoms with Gasteiger partial charge in [0.1, 0.15) is 5.54 Å². The van der Waals surface area contributed by atoms with E-state index in [1.54, 1.807) is 0 Å². The van der Waals surface area contributed by atoms with Gasteiger partial charge in [-0.15, -0.1) is 0 Å². The zero-order valence-corrected chi connectivity index (χ0v) is 13.0. The molecule has 0 aromatic heterocycles. The van der Waals surface area contributed by atoms with Crippen LogP contribution in [-0.4, -0.2) is 24.7 Å². The van der Waals surface area contributed by atoms with Gasteiger partial charge in [0.25, 0.3) is 0 Å². The van der Waals surface area contributed by atoms with Gasteiger partial charge in [-0.1, -0.05) is 31.2 Å². The lowest BCUT2D eigenvalue weighted by molar-refractivity contribution is -0.155. The highest BCUT2D eigenvalue weighted by Gasteiger charge is 2.57. The van der Waals surface area contributed by atoms with E-state index in [1.165, 1.54) is 11.1 Å². The van der Waals surface area contributed by atoms with Crippen molar-refractivity contribution in [3.63, 3.8) is 0 Å². The maximum atomic E-state index is 12.8. The smallest absolute Gasteiger partial charge is 0.326 e. The number of carbonyl (C=O) groups is 1. The van der Waals surface area contributed by atoms with Crippen LogP contribution in [0.2, 0.25) is 0 Å². The van der Waals surface area contributed by atoms with Crippen LogP contribution in [0, 0.1) is 11.8 Å². The standard InChI is InChI=1S/C18H25NO2/c1-3-19-18(17(20)21-4-2)15-9-10-16(18)12-14-8-6-5-7-13(14)11-15/h5-8,15-16,19H,3-4,9-12H2,1-2H3. The zero-order chi connectivity index (χ0) is 14.9. The van der Waals surface area contributed by atoms with E-state index in [0.717, 1.165) is 32.2 Å². The number of benzene rings is 1. The number of hydrogen-bond acceptors (Lipinski definition) is 3. The van der Waals surface area contributed by atoms with Gasteiger partial charge in [-0.2, -0.15) is 0 Å². The van der Waals surface area contributed by atoms with E-state index in [-0.39, 0.29) is 5.97 Å². The summed E-state index contributed by atoms with van der Waals surface area (Å²) in [5.74, 6) is 0.669. The van der Waals surface area contributed by atoms with Crippen LogP contribution in [0.5, 0.6) is 0 Å². The van der Waals surface area contributed by atoms with Gasteiger partial charge in [0.2, 0.25) is 0 Å². The third-order valence-electron chi connectivity index (χ3n) is 5.28. The van der Waals surface area contributed by atoms with Crippen LogP contribution in [0.1, 0.15) is 37.8 Å². The predicted molar refractivity (Wildman–Crippen MR) is 83.1 cm³/mol. The third-order valence-corrected chi connectivity index (χ3v) is 5.28. The summed E-state index contributed by atoms with van der Waals surface area (Å²) in [6, 6.07) is 8.66. The molecule has 114 valence electrons. The van der Waals surface area contributed by atoms with E-state index >= 15 is 0 Å². The number of ether oxygens (including phenoxy) is 1. The molecule has 1 N–H and O–H groups in total. The summed E-state index contributed by atoms with van der Waals surface area (Å²) in [5, 5.41) is 3.54. The van der Waals surface area contributed by atoms with Gasteiger partial charge < -0.3 is 10.1 Å². The molecule has 1 fully saturated rings. The summed E-state index contributed by atoms with van der Waals surface area (Å²) < 4.78 is 5.47.